The van der Waals surface area contributed by atoms with Crippen LogP contribution in [0.2, 0.25) is 0 Å². The minimum absolute atomic E-state index is 0.0645. The highest BCUT2D eigenvalue weighted by molar-refractivity contribution is 5.82. The van der Waals surface area contributed by atoms with E-state index in [0.717, 1.165) is 44.2 Å². The summed E-state index contributed by atoms with van der Waals surface area (Å²) in [5.74, 6) is 0.177. The molecule has 1 aromatic carbocycles. The minimum atomic E-state index is -0.737. The fourth-order valence-corrected chi connectivity index (χ4v) is 4.98. The summed E-state index contributed by atoms with van der Waals surface area (Å²) >= 11 is 0. The third-order valence-electron chi connectivity index (χ3n) is 6.67. The number of benzene rings is 1. The minimum Gasteiger partial charge on any atom is -0.481 e. The molecule has 2 fully saturated rings. The molecule has 32 heavy (non-hydrogen) atoms. The second-order valence-electron chi connectivity index (χ2n) is 9.05. The first-order valence-corrected chi connectivity index (χ1v) is 12.2. The Hall–Kier alpha value is -2.18. The normalized spacial score (nSPS) is 25.3. The van der Waals surface area contributed by atoms with Gasteiger partial charge in [-0.25, -0.2) is 0 Å². The summed E-state index contributed by atoms with van der Waals surface area (Å²) in [6, 6.07) is 9.91. The first kappa shape index (κ1) is 24.5. The average molecular weight is 443 g/mol. The SMILES string of the molecule is CCCNC(=O)C(Cc1ccccc1)NC[C@H]1[C@@H](C/C=C\CCCC(=O)O)[C@H]2CC[C@@H]1O2. The zero-order valence-corrected chi connectivity index (χ0v) is 19.2. The number of hydrogen-bond donors (Lipinski definition) is 3. The summed E-state index contributed by atoms with van der Waals surface area (Å²) in [5, 5.41) is 15.4. The second kappa shape index (κ2) is 12.8. The Balaban J connectivity index is 1.55. The number of carboxylic acid groups (broad SMARTS) is 1. The first-order valence-electron chi connectivity index (χ1n) is 12.2. The molecule has 2 saturated heterocycles. The number of unbranched alkanes of at least 4 members (excludes halogenated alkanes) is 1. The van der Waals surface area contributed by atoms with E-state index < -0.39 is 5.97 Å². The van der Waals surface area contributed by atoms with Crippen LogP contribution in [0.5, 0.6) is 0 Å². The second-order valence-corrected chi connectivity index (χ2v) is 9.05. The molecule has 6 heteroatoms. The van der Waals surface area contributed by atoms with Crippen molar-refractivity contribution in [2.75, 3.05) is 13.1 Å². The van der Waals surface area contributed by atoms with Gasteiger partial charge in [-0.2, -0.15) is 0 Å². The Labute approximate surface area is 191 Å². The molecule has 3 rings (SSSR count). The zero-order chi connectivity index (χ0) is 22.8. The van der Waals surface area contributed by atoms with Gasteiger partial charge in [-0.05, 0) is 56.4 Å². The van der Waals surface area contributed by atoms with Crippen LogP contribution < -0.4 is 10.6 Å². The van der Waals surface area contributed by atoms with Gasteiger partial charge in [0.2, 0.25) is 5.91 Å². The van der Waals surface area contributed by atoms with E-state index in [-0.39, 0.29) is 24.5 Å². The van der Waals surface area contributed by atoms with Crippen LogP contribution in [0, 0.1) is 11.8 Å². The Morgan fingerprint density at radius 2 is 1.91 bits per heavy atom. The van der Waals surface area contributed by atoms with Gasteiger partial charge >= 0.3 is 5.97 Å². The van der Waals surface area contributed by atoms with Crippen molar-refractivity contribution in [2.45, 2.75) is 76.5 Å². The molecule has 1 unspecified atom stereocenters. The maximum Gasteiger partial charge on any atom is 0.303 e. The van der Waals surface area contributed by atoms with Gasteiger partial charge in [0.05, 0.1) is 18.2 Å². The molecule has 0 aliphatic carbocycles. The van der Waals surface area contributed by atoms with Crippen LogP contribution in [0.3, 0.4) is 0 Å². The molecule has 2 aliphatic heterocycles. The third-order valence-corrected chi connectivity index (χ3v) is 6.67. The van der Waals surface area contributed by atoms with E-state index in [1.165, 1.54) is 0 Å². The van der Waals surface area contributed by atoms with E-state index in [4.69, 9.17) is 9.84 Å². The average Bonchev–Trinajstić information content (AvgIpc) is 3.39. The highest BCUT2D eigenvalue weighted by Gasteiger charge is 2.48. The van der Waals surface area contributed by atoms with Crippen molar-refractivity contribution in [2.24, 2.45) is 11.8 Å². The highest BCUT2D eigenvalue weighted by atomic mass is 16.5. The van der Waals surface area contributed by atoms with Gasteiger partial charge < -0.3 is 20.5 Å². The predicted molar refractivity (Wildman–Crippen MR) is 125 cm³/mol. The Bertz CT molecular complexity index is 751. The molecule has 0 radical (unpaired) electrons. The van der Waals surface area contributed by atoms with Crippen molar-refractivity contribution in [3.8, 4) is 0 Å². The number of carbonyl (C=O) groups is 2. The number of carbonyl (C=O) groups excluding carboxylic acids is 1. The monoisotopic (exact) mass is 442 g/mol. The predicted octanol–water partition coefficient (Wildman–Crippen LogP) is 3.71. The van der Waals surface area contributed by atoms with Crippen LogP contribution in [-0.4, -0.2) is 48.3 Å². The molecule has 1 aromatic rings. The quantitative estimate of drug-likeness (QED) is 0.302. The zero-order valence-electron chi connectivity index (χ0n) is 19.2. The van der Waals surface area contributed by atoms with E-state index in [1.54, 1.807) is 0 Å². The summed E-state index contributed by atoms with van der Waals surface area (Å²) in [6.45, 7) is 3.53. The van der Waals surface area contributed by atoms with Crippen molar-refractivity contribution in [1.29, 1.82) is 0 Å². The van der Waals surface area contributed by atoms with Crippen LogP contribution in [0.25, 0.3) is 0 Å². The lowest BCUT2D eigenvalue weighted by Gasteiger charge is -2.29. The molecule has 5 atom stereocenters. The summed E-state index contributed by atoms with van der Waals surface area (Å²) in [4.78, 5) is 23.5. The maximum atomic E-state index is 12.8. The van der Waals surface area contributed by atoms with Crippen LogP contribution in [-0.2, 0) is 20.7 Å². The number of aliphatic carboxylic acids is 1. The molecular formula is C26H38N2O4. The molecule has 2 bridgehead atoms. The van der Waals surface area contributed by atoms with Crippen LogP contribution in [0.15, 0.2) is 42.5 Å². The molecule has 0 saturated carbocycles. The Morgan fingerprint density at radius 3 is 2.62 bits per heavy atom. The van der Waals surface area contributed by atoms with E-state index in [9.17, 15) is 9.59 Å². The molecule has 6 nitrogen and oxygen atoms in total. The van der Waals surface area contributed by atoms with Crippen LogP contribution in [0.4, 0.5) is 0 Å². The van der Waals surface area contributed by atoms with Crippen molar-refractivity contribution in [1.82, 2.24) is 10.6 Å². The molecule has 1 amide bonds. The van der Waals surface area contributed by atoms with Crippen molar-refractivity contribution in [3.63, 3.8) is 0 Å². The summed E-state index contributed by atoms with van der Waals surface area (Å²) < 4.78 is 6.23. The number of amides is 1. The number of carboxylic acids is 1. The Morgan fingerprint density at radius 1 is 1.16 bits per heavy atom. The maximum absolute atomic E-state index is 12.8. The molecule has 176 valence electrons. The van der Waals surface area contributed by atoms with E-state index in [1.807, 2.05) is 18.2 Å². The number of ether oxygens (including phenoxy) is 1. The first-order chi connectivity index (χ1) is 15.6. The van der Waals surface area contributed by atoms with Gasteiger partial charge in [0.15, 0.2) is 0 Å². The Kier molecular flexibility index (Phi) is 9.75. The van der Waals surface area contributed by atoms with Crippen LogP contribution in [0.1, 0.15) is 57.4 Å². The topological polar surface area (TPSA) is 87.7 Å². The lowest BCUT2D eigenvalue weighted by molar-refractivity contribution is -0.137. The number of nitrogens with one attached hydrogen (secondary N) is 2. The van der Waals surface area contributed by atoms with E-state index in [2.05, 4.69) is 41.8 Å². The fourth-order valence-electron chi connectivity index (χ4n) is 4.98. The fraction of sp³-hybridized carbons (Fsp3) is 0.615. The number of allylic oxidation sites excluding steroid dienone is 2. The van der Waals surface area contributed by atoms with E-state index in [0.29, 0.717) is 37.3 Å². The van der Waals surface area contributed by atoms with Gasteiger partial charge in [-0.3, -0.25) is 9.59 Å². The molecule has 3 N–H and O–H groups in total. The van der Waals surface area contributed by atoms with Crippen molar-refractivity contribution >= 4 is 11.9 Å². The summed E-state index contributed by atoms with van der Waals surface area (Å²) in [5.41, 5.74) is 1.15. The van der Waals surface area contributed by atoms with Gasteiger partial charge in [-0.1, -0.05) is 49.4 Å². The van der Waals surface area contributed by atoms with Gasteiger partial charge in [0.1, 0.15) is 0 Å². The van der Waals surface area contributed by atoms with Gasteiger partial charge in [-0.15, -0.1) is 0 Å². The summed E-state index contributed by atoms with van der Waals surface area (Å²) in [6.07, 6.45) is 11.3. The summed E-state index contributed by atoms with van der Waals surface area (Å²) in [7, 11) is 0. The molecule has 2 heterocycles. The van der Waals surface area contributed by atoms with Crippen molar-refractivity contribution in [3.05, 3.63) is 48.0 Å². The van der Waals surface area contributed by atoms with Gasteiger partial charge in [0.25, 0.3) is 0 Å². The molecule has 0 spiro atoms. The molecule has 2 aliphatic rings. The number of rotatable bonds is 14. The number of fused-ring (bicyclic) bond motifs is 2. The number of hydrogen-bond acceptors (Lipinski definition) is 4. The lowest BCUT2D eigenvalue weighted by Crippen LogP contribution is -2.49. The van der Waals surface area contributed by atoms with E-state index >= 15 is 0 Å². The van der Waals surface area contributed by atoms with Gasteiger partial charge in [0, 0.05) is 25.4 Å². The lowest BCUT2D eigenvalue weighted by atomic mass is 9.77. The largest absolute Gasteiger partial charge is 0.481 e. The standard InChI is InChI=1S/C26H38N2O4/c1-2-16-27-26(31)22(17-19-10-6-5-7-11-19)28-18-21-20(23-14-15-24(21)32-23)12-8-3-4-9-13-25(29)30/h3,5-8,10-11,20-24,28H,2,4,9,12-18H2,1H3,(H,27,31)(H,29,30)/b8-3-/t20-,21+,22?,23-,24+/m1/s1. The third kappa shape index (κ3) is 7.17. The smallest absolute Gasteiger partial charge is 0.303 e. The molecular weight excluding hydrogens is 404 g/mol. The van der Waals surface area contributed by atoms with Crippen LogP contribution >= 0.6 is 0 Å². The molecule has 0 aromatic heterocycles. The van der Waals surface area contributed by atoms with Crippen molar-refractivity contribution < 1.29 is 19.4 Å². The highest BCUT2D eigenvalue weighted by Crippen LogP contribution is 2.45.